The highest BCUT2D eigenvalue weighted by atomic mass is 35.5. The van der Waals surface area contributed by atoms with E-state index in [4.69, 9.17) is 21.1 Å². The lowest BCUT2D eigenvalue weighted by Gasteiger charge is -2.30. The van der Waals surface area contributed by atoms with E-state index in [1.54, 1.807) is 24.3 Å². The Morgan fingerprint density at radius 1 is 1.17 bits per heavy atom. The number of methoxy groups -OCH3 is 1. The van der Waals surface area contributed by atoms with Crippen LogP contribution in [0.4, 0.5) is 4.79 Å². The summed E-state index contributed by atoms with van der Waals surface area (Å²) in [6.45, 7) is 0.708. The van der Waals surface area contributed by atoms with Gasteiger partial charge in [-0.1, -0.05) is 41.9 Å². The van der Waals surface area contributed by atoms with Crippen LogP contribution in [0.1, 0.15) is 24.1 Å². The summed E-state index contributed by atoms with van der Waals surface area (Å²) in [5.74, 6) is -1.39. The van der Waals surface area contributed by atoms with Gasteiger partial charge in [0, 0.05) is 17.2 Å². The van der Waals surface area contributed by atoms with E-state index in [9.17, 15) is 19.5 Å². The summed E-state index contributed by atoms with van der Waals surface area (Å²) in [5.41, 5.74) is 1.75. The van der Waals surface area contributed by atoms with E-state index in [-0.39, 0.29) is 22.3 Å². The molecule has 2 aromatic rings. The molecule has 30 heavy (non-hydrogen) atoms. The highest BCUT2D eigenvalue weighted by Gasteiger charge is 2.33. The molecule has 2 amide bonds. The number of carbonyl (C=O) groups excluding carboxylic acids is 3. The molecule has 1 unspecified atom stereocenters. The largest absolute Gasteiger partial charge is 0.546 e. The fourth-order valence-corrected chi connectivity index (χ4v) is 3.45. The molecule has 8 nitrogen and oxygen atoms in total. The van der Waals surface area contributed by atoms with Gasteiger partial charge in [0.15, 0.2) is 17.3 Å². The van der Waals surface area contributed by atoms with Crippen molar-refractivity contribution in [2.45, 2.75) is 13.0 Å². The van der Waals surface area contributed by atoms with Gasteiger partial charge in [-0.3, -0.25) is 4.79 Å². The zero-order chi connectivity index (χ0) is 21.8. The zero-order valence-corrected chi connectivity index (χ0v) is 16.9. The average Bonchev–Trinajstić information content (AvgIpc) is 2.72. The maximum Gasteiger partial charge on any atom is 0.320 e. The first-order valence-electron chi connectivity index (χ1n) is 8.90. The highest BCUT2D eigenvalue weighted by Crippen LogP contribution is 2.40. The molecule has 0 saturated heterocycles. The maximum absolute atomic E-state index is 12.6. The molecule has 2 aromatic carbocycles. The van der Waals surface area contributed by atoms with Crippen molar-refractivity contribution in [1.82, 2.24) is 10.6 Å². The molecule has 0 aliphatic carbocycles. The third kappa shape index (κ3) is 4.38. The molecule has 3 rings (SSSR count). The second-order valence-corrected chi connectivity index (χ2v) is 6.83. The standard InChI is InChI=1S/C21H19ClN2O6/c1-11(25)18-19(12-6-4-3-5-7-12)23-21(28)24-20(18)13-8-15(29-2)16(9-14(13)22)30-10-17(26)27/h3-9,20H,10H2,1-2H3,(H,26,27)(H2,23,24,28)/p-1. The van der Waals surface area contributed by atoms with Gasteiger partial charge in [0.05, 0.1) is 29.8 Å². The third-order valence-electron chi connectivity index (χ3n) is 4.45. The SMILES string of the molecule is COc1cc(C2NC(=O)NC(c3ccccc3)=C2C(C)=O)c(Cl)cc1OCC(=O)[O-]. The number of aliphatic carboxylic acids is 1. The van der Waals surface area contributed by atoms with Crippen LogP contribution in [0, 0.1) is 0 Å². The fraction of sp³-hybridized carbons (Fsp3) is 0.190. The summed E-state index contributed by atoms with van der Waals surface area (Å²) in [6, 6.07) is 10.5. The zero-order valence-electron chi connectivity index (χ0n) is 16.2. The van der Waals surface area contributed by atoms with Crippen molar-refractivity contribution in [3.63, 3.8) is 0 Å². The Labute approximate surface area is 177 Å². The van der Waals surface area contributed by atoms with E-state index in [1.165, 1.54) is 26.2 Å². The van der Waals surface area contributed by atoms with Gasteiger partial charge in [-0.15, -0.1) is 0 Å². The predicted octanol–water partition coefficient (Wildman–Crippen LogP) is 1.83. The number of Topliss-reactive ketones (excluding diaryl/α,β-unsaturated/α-hetero) is 1. The number of carboxylic acid groups (broad SMARTS) is 1. The van der Waals surface area contributed by atoms with Crippen molar-refractivity contribution in [2.24, 2.45) is 0 Å². The molecule has 0 radical (unpaired) electrons. The van der Waals surface area contributed by atoms with E-state index < -0.39 is 24.6 Å². The number of amides is 2. The number of halogens is 1. The summed E-state index contributed by atoms with van der Waals surface area (Å²) in [4.78, 5) is 35.6. The number of rotatable bonds is 7. The molecule has 0 spiro atoms. The summed E-state index contributed by atoms with van der Waals surface area (Å²) < 4.78 is 10.4. The Morgan fingerprint density at radius 2 is 1.87 bits per heavy atom. The Kier molecular flexibility index (Phi) is 6.27. The van der Waals surface area contributed by atoms with Gasteiger partial charge < -0.3 is 30.0 Å². The van der Waals surface area contributed by atoms with Crippen molar-refractivity contribution < 1.29 is 29.0 Å². The van der Waals surface area contributed by atoms with Crippen molar-refractivity contribution in [3.8, 4) is 11.5 Å². The summed E-state index contributed by atoms with van der Waals surface area (Å²) in [6.07, 6.45) is 0. The minimum atomic E-state index is -1.41. The van der Waals surface area contributed by atoms with Crippen LogP contribution in [-0.4, -0.2) is 31.5 Å². The fourth-order valence-electron chi connectivity index (χ4n) is 3.19. The molecular weight excluding hydrogens is 412 g/mol. The van der Waals surface area contributed by atoms with Crippen LogP contribution in [0.25, 0.3) is 5.70 Å². The van der Waals surface area contributed by atoms with Crippen LogP contribution in [0.15, 0.2) is 48.0 Å². The summed E-state index contributed by atoms with van der Waals surface area (Å²) in [5, 5.41) is 16.2. The number of hydrogen-bond acceptors (Lipinski definition) is 6. The highest BCUT2D eigenvalue weighted by molar-refractivity contribution is 6.31. The van der Waals surface area contributed by atoms with Crippen molar-refractivity contribution >= 4 is 35.1 Å². The van der Waals surface area contributed by atoms with Crippen LogP contribution in [-0.2, 0) is 9.59 Å². The Morgan fingerprint density at radius 3 is 2.47 bits per heavy atom. The normalized spacial score (nSPS) is 15.8. The second kappa shape index (κ2) is 8.87. The first-order chi connectivity index (χ1) is 14.3. The molecule has 0 saturated carbocycles. The smallest absolute Gasteiger partial charge is 0.320 e. The van der Waals surface area contributed by atoms with Crippen LogP contribution >= 0.6 is 11.6 Å². The predicted molar refractivity (Wildman–Crippen MR) is 107 cm³/mol. The molecule has 1 aliphatic rings. The number of urea groups is 1. The molecule has 0 fully saturated rings. The average molecular weight is 430 g/mol. The Balaban J connectivity index is 2.14. The number of ether oxygens (including phenoxy) is 2. The number of carboxylic acids is 1. The van der Waals surface area contributed by atoms with E-state index in [1.807, 2.05) is 6.07 Å². The lowest BCUT2D eigenvalue weighted by atomic mass is 9.90. The van der Waals surface area contributed by atoms with Crippen LogP contribution in [0.3, 0.4) is 0 Å². The first kappa shape index (κ1) is 21.2. The molecule has 156 valence electrons. The van der Waals surface area contributed by atoms with Crippen LogP contribution in [0.2, 0.25) is 5.02 Å². The van der Waals surface area contributed by atoms with E-state index >= 15 is 0 Å². The number of carbonyl (C=O) groups is 3. The molecule has 1 atom stereocenters. The quantitative estimate of drug-likeness (QED) is 0.693. The minimum Gasteiger partial charge on any atom is -0.546 e. The van der Waals surface area contributed by atoms with Gasteiger partial charge >= 0.3 is 6.03 Å². The first-order valence-corrected chi connectivity index (χ1v) is 9.27. The maximum atomic E-state index is 12.6. The molecule has 9 heteroatoms. The van der Waals surface area contributed by atoms with Crippen molar-refractivity contribution in [2.75, 3.05) is 13.7 Å². The van der Waals surface area contributed by atoms with Gasteiger partial charge in [-0.05, 0) is 18.6 Å². The lowest BCUT2D eigenvalue weighted by molar-refractivity contribution is -0.307. The summed E-state index contributed by atoms with van der Waals surface area (Å²) >= 11 is 6.41. The van der Waals surface area contributed by atoms with Crippen LogP contribution in [0.5, 0.6) is 11.5 Å². The number of benzene rings is 2. The molecular formula is C21H18ClN2O6-. The van der Waals surface area contributed by atoms with Crippen molar-refractivity contribution in [3.05, 3.63) is 64.2 Å². The van der Waals surface area contributed by atoms with Gasteiger partial charge in [0.2, 0.25) is 0 Å². The van der Waals surface area contributed by atoms with Gasteiger partial charge in [-0.2, -0.15) is 0 Å². The molecule has 1 heterocycles. The van der Waals surface area contributed by atoms with Gasteiger partial charge in [0.1, 0.15) is 6.61 Å². The molecule has 0 aromatic heterocycles. The Bertz CT molecular complexity index is 1040. The van der Waals surface area contributed by atoms with Crippen LogP contribution < -0.4 is 25.2 Å². The molecule has 1 aliphatic heterocycles. The van der Waals surface area contributed by atoms with Gasteiger partial charge in [-0.25, -0.2) is 4.79 Å². The molecule has 2 N–H and O–H groups in total. The number of nitrogens with one attached hydrogen (secondary N) is 2. The minimum absolute atomic E-state index is 0.0901. The van der Waals surface area contributed by atoms with E-state index in [2.05, 4.69) is 10.6 Å². The lowest BCUT2D eigenvalue weighted by Crippen LogP contribution is -2.44. The molecule has 0 bridgehead atoms. The van der Waals surface area contributed by atoms with Gasteiger partial charge in [0.25, 0.3) is 0 Å². The Hall–Kier alpha value is -3.52. The monoisotopic (exact) mass is 429 g/mol. The topological polar surface area (TPSA) is 117 Å². The number of hydrogen-bond donors (Lipinski definition) is 2. The van der Waals surface area contributed by atoms with E-state index in [0.29, 0.717) is 22.4 Å². The van der Waals surface area contributed by atoms with Crippen molar-refractivity contribution in [1.29, 1.82) is 0 Å². The second-order valence-electron chi connectivity index (χ2n) is 6.43. The van der Waals surface area contributed by atoms with E-state index in [0.717, 1.165) is 0 Å². The number of ketones is 1. The third-order valence-corrected chi connectivity index (χ3v) is 4.78. The summed E-state index contributed by atoms with van der Waals surface area (Å²) in [7, 11) is 1.37.